The third kappa shape index (κ3) is 3.51. The van der Waals surface area contributed by atoms with Gasteiger partial charge in [0.05, 0.1) is 22.3 Å². The lowest BCUT2D eigenvalue weighted by atomic mass is 10.1. The second-order valence-corrected chi connectivity index (χ2v) is 4.97. The lowest BCUT2D eigenvalue weighted by molar-refractivity contribution is 0.102. The van der Waals surface area contributed by atoms with Gasteiger partial charge in [0.15, 0.2) is 0 Å². The van der Waals surface area contributed by atoms with E-state index in [1.807, 2.05) is 12.1 Å². The highest BCUT2D eigenvalue weighted by atomic mass is 35.5. The van der Waals surface area contributed by atoms with Crippen LogP contribution in [0.1, 0.15) is 15.9 Å². The van der Waals surface area contributed by atoms with Crippen molar-refractivity contribution in [3.8, 4) is 0 Å². The molecule has 0 heterocycles. The summed E-state index contributed by atoms with van der Waals surface area (Å²) in [7, 11) is 1.63. The quantitative estimate of drug-likeness (QED) is 0.909. The smallest absolute Gasteiger partial charge is 0.255 e. The van der Waals surface area contributed by atoms with E-state index in [1.165, 1.54) is 0 Å². The molecule has 0 aliphatic heterocycles. The molecule has 2 aromatic rings. The van der Waals surface area contributed by atoms with Crippen molar-refractivity contribution in [3.05, 3.63) is 63.6 Å². The number of anilines is 1. The molecule has 20 heavy (non-hydrogen) atoms. The fourth-order valence-corrected chi connectivity index (χ4v) is 2.06. The van der Waals surface area contributed by atoms with Crippen LogP contribution in [0.5, 0.6) is 0 Å². The summed E-state index contributed by atoms with van der Waals surface area (Å²) in [4.78, 5) is 12.1. The van der Waals surface area contributed by atoms with Crippen molar-refractivity contribution < 1.29 is 9.53 Å². The Morgan fingerprint density at radius 2 is 1.85 bits per heavy atom. The monoisotopic (exact) mass is 309 g/mol. The molecule has 5 heteroatoms. The first-order valence-electron chi connectivity index (χ1n) is 5.95. The molecule has 2 rings (SSSR count). The summed E-state index contributed by atoms with van der Waals surface area (Å²) in [5, 5.41) is 3.47. The van der Waals surface area contributed by atoms with Gasteiger partial charge in [-0.2, -0.15) is 0 Å². The Labute approximate surface area is 127 Å². The Morgan fingerprint density at radius 3 is 2.50 bits per heavy atom. The zero-order chi connectivity index (χ0) is 14.5. The number of nitrogens with one attached hydrogen (secondary N) is 1. The minimum absolute atomic E-state index is 0.238. The molecular weight excluding hydrogens is 297 g/mol. The molecule has 0 bridgehead atoms. The molecule has 0 fully saturated rings. The summed E-state index contributed by atoms with van der Waals surface area (Å²) in [5.74, 6) is -0.238. The number of hydrogen-bond acceptors (Lipinski definition) is 2. The Bertz CT molecular complexity index is 612. The molecule has 2 aromatic carbocycles. The van der Waals surface area contributed by atoms with E-state index in [0.29, 0.717) is 27.9 Å². The molecule has 104 valence electrons. The van der Waals surface area contributed by atoms with Crippen molar-refractivity contribution in [2.45, 2.75) is 6.61 Å². The minimum Gasteiger partial charge on any atom is -0.380 e. The molecular formula is C15H13Cl2NO2. The van der Waals surface area contributed by atoms with E-state index in [4.69, 9.17) is 27.9 Å². The fourth-order valence-electron chi connectivity index (χ4n) is 1.71. The van der Waals surface area contributed by atoms with E-state index in [1.54, 1.807) is 37.4 Å². The minimum atomic E-state index is -0.238. The molecule has 0 aliphatic carbocycles. The summed E-state index contributed by atoms with van der Waals surface area (Å²) in [6.45, 7) is 0.516. The van der Waals surface area contributed by atoms with Crippen LogP contribution in [0.25, 0.3) is 0 Å². The maximum Gasteiger partial charge on any atom is 0.255 e. The topological polar surface area (TPSA) is 38.3 Å². The van der Waals surface area contributed by atoms with Crippen molar-refractivity contribution >= 4 is 34.8 Å². The van der Waals surface area contributed by atoms with Crippen LogP contribution in [-0.2, 0) is 11.3 Å². The van der Waals surface area contributed by atoms with E-state index >= 15 is 0 Å². The van der Waals surface area contributed by atoms with Crippen LogP contribution in [-0.4, -0.2) is 13.0 Å². The van der Waals surface area contributed by atoms with E-state index in [2.05, 4.69) is 5.32 Å². The van der Waals surface area contributed by atoms with Gasteiger partial charge in [0.2, 0.25) is 0 Å². The Hall–Kier alpha value is -1.55. The second kappa shape index (κ2) is 6.75. The number of amides is 1. The zero-order valence-corrected chi connectivity index (χ0v) is 12.3. The first-order chi connectivity index (χ1) is 9.61. The van der Waals surface area contributed by atoms with Crippen molar-refractivity contribution in [2.75, 3.05) is 12.4 Å². The lowest BCUT2D eigenvalue weighted by Crippen LogP contribution is -2.12. The number of ether oxygens (including phenoxy) is 1. The van der Waals surface area contributed by atoms with Gasteiger partial charge in [-0.3, -0.25) is 4.79 Å². The van der Waals surface area contributed by atoms with Crippen molar-refractivity contribution in [1.29, 1.82) is 0 Å². The van der Waals surface area contributed by atoms with Gasteiger partial charge >= 0.3 is 0 Å². The van der Waals surface area contributed by atoms with Crippen LogP contribution >= 0.6 is 23.2 Å². The summed E-state index contributed by atoms with van der Waals surface area (Å²) in [6, 6.07) is 12.3. The number of rotatable bonds is 4. The maximum absolute atomic E-state index is 12.1. The Morgan fingerprint density at radius 1 is 1.15 bits per heavy atom. The average molecular weight is 310 g/mol. The molecule has 0 aromatic heterocycles. The van der Waals surface area contributed by atoms with Gasteiger partial charge in [-0.15, -0.1) is 0 Å². The summed E-state index contributed by atoms with van der Waals surface area (Å²) in [5.41, 5.74) is 2.04. The lowest BCUT2D eigenvalue weighted by Gasteiger charge is -2.08. The normalized spacial score (nSPS) is 10.3. The van der Waals surface area contributed by atoms with E-state index in [0.717, 1.165) is 5.56 Å². The molecule has 0 spiro atoms. The zero-order valence-electron chi connectivity index (χ0n) is 10.8. The van der Waals surface area contributed by atoms with E-state index in [9.17, 15) is 4.79 Å². The van der Waals surface area contributed by atoms with Crippen LogP contribution in [0.4, 0.5) is 5.69 Å². The SMILES string of the molecule is COCc1ccc(C(=O)Nc2cccc(Cl)c2Cl)cc1. The predicted octanol–water partition coefficient (Wildman–Crippen LogP) is 4.39. The van der Waals surface area contributed by atoms with Gasteiger partial charge in [-0.05, 0) is 29.8 Å². The molecule has 0 unspecified atom stereocenters. The Kier molecular flexibility index (Phi) is 5.01. The van der Waals surface area contributed by atoms with Crippen LogP contribution in [0, 0.1) is 0 Å². The number of methoxy groups -OCH3 is 1. The number of benzene rings is 2. The number of carbonyl (C=O) groups excluding carboxylic acids is 1. The first-order valence-corrected chi connectivity index (χ1v) is 6.70. The van der Waals surface area contributed by atoms with Crippen LogP contribution in [0.2, 0.25) is 10.0 Å². The van der Waals surface area contributed by atoms with E-state index in [-0.39, 0.29) is 5.91 Å². The van der Waals surface area contributed by atoms with Gasteiger partial charge in [0.1, 0.15) is 0 Å². The van der Waals surface area contributed by atoms with E-state index < -0.39 is 0 Å². The van der Waals surface area contributed by atoms with Crippen LogP contribution in [0.3, 0.4) is 0 Å². The molecule has 0 radical (unpaired) electrons. The molecule has 0 saturated carbocycles. The second-order valence-electron chi connectivity index (χ2n) is 4.19. The molecule has 1 N–H and O–H groups in total. The summed E-state index contributed by atoms with van der Waals surface area (Å²) in [6.07, 6.45) is 0. The summed E-state index contributed by atoms with van der Waals surface area (Å²) < 4.78 is 5.02. The standard InChI is InChI=1S/C15H13Cl2NO2/c1-20-9-10-5-7-11(8-6-10)15(19)18-13-4-2-3-12(16)14(13)17/h2-8H,9H2,1H3,(H,18,19). The van der Waals surface area contributed by atoms with Gasteiger partial charge in [0.25, 0.3) is 5.91 Å². The number of carbonyl (C=O) groups is 1. The third-order valence-electron chi connectivity index (χ3n) is 2.73. The largest absolute Gasteiger partial charge is 0.380 e. The summed E-state index contributed by atoms with van der Waals surface area (Å²) >= 11 is 11.9. The third-order valence-corrected chi connectivity index (χ3v) is 3.55. The highest BCUT2D eigenvalue weighted by Crippen LogP contribution is 2.29. The predicted molar refractivity (Wildman–Crippen MR) is 81.6 cm³/mol. The van der Waals surface area contributed by atoms with Gasteiger partial charge in [-0.25, -0.2) is 0 Å². The van der Waals surface area contributed by atoms with Gasteiger partial charge < -0.3 is 10.1 Å². The van der Waals surface area contributed by atoms with Crippen LogP contribution in [0.15, 0.2) is 42.5 Å². The van der Waals surface area contributed by atoms with Gasteiger partial charge in [-0.1, -0.05) is 41.4 Å². The Balaban J connectivity index is 2.13. The fraction of sp³-hybridized carbons (Fsp3) is 0.133. The highest BCUT2D eigenvalue weighted by Gasteiger charge is 2.10. The molecule has 1 amide bonds. The molecule has 0 saturated heterocycles. The van der Waals surface area contributed by atoms with Gasteiger partial charge in [0, 0.05) is 12.7 Å². The average Bonchev–Trinajstić information content (AvgIpc) is 2.45. The molecule has 0 atom stereocenters. The highest BCUT2D eigenvalue weighted by molar-refractivity contribution is 6.44. The first kappa shape index (κ1) is 14.9. The molecule has 0 aliphatic rings. The maximum atomic E-state index is 12.1. The van der Waals surface area contributed by atoms with Crippen molar-refractivity contribution in [3.63, 3.8) is 0 Å². The van der Waals surface area contributed by atoms with Crippen molar-refractivity contribution in [2.24, 2.45) is 0 Å². The number of halogens is 2. The molecule has 3 nitrogen and oxygen atoms in total. The van der Waals surface area contributed by atoms with Crippen LogP contribution < -0.4 is 5.32 Å². The number of hydrogen-bond donors (Lipinski definition) is 1. The van der Waals surface area contributed by atoms with Crippen molar-refractivity contribution in [1.82, 2.24) is 0 Å².